The molecule has 108 valence electrons. The highest BCUT2D eigenvalue weighted by Gasteiger charge is 2.10. The normalized spacial score (nSPS) is 10.6. The average molecular weight is 292 g/mol. The molecule has 0 spiro atoms. The lowest BCUT2D eigenvalue weighted by molar-refractivity contribution is 1.62. The van der Waals surface area contributed by atoms with Gasteiger partial charge < -0.3 is 0 Å². The predicted molar refractivity (Wildman–Crippen MR) is 99.5 cm³/mol. The molecule has 4 aromatic carbocycles. The van der Waals surface area contributed by atoms with E-state index in [-0.39, 0.29) is 0 Å². The molecule has 0 atom stereocenters. The third kappa shape index (κ3) is 2.26. The number of benzene rings is 4. The molecule has 0 saturated carbocycles. The van der Waals surface area contributed by atoms with Crippen LogP contribution in [-0.4, -0.2) is 0 Å². The maximum absolute atomic E-state index is 3.97. The van der Waals surface area contributed by atoms with Gasteiger partial charge in [-0.25, -0.2) is 0 Å². The van der Waals surface area contributed by atoms with Crippen molar-refractivity contribution in [3.05, 3.63) is 108 Å². The van der Waals surface area contributed by atoms with E-state index in [1.807, 2.05) is 0 Å². The van der Waals surface area contributed by atoms with Crippen molar-refractivity contribution in [3.63, 3.8) is 0 Å². The molecule has 0 heteroatoms. The first-order chi connectivity index (χ1) is 11.4. The largest absolute Gasteiger partial charge is 0.119 e. The number of fused-ring (bicyclic) bond motifs is 2. The lowest BCUT2D eigenvalue weighted by Crippen LogP contribution is -1.90. The second kappa shape index (κ2) is 5.61. The fraction of sp³-hybridized carbons (Fsp3) is 0. The summed E-state index contributed by atoms with van der Waals surface area (Å²) in [6.45, 7) is 3.97. The molecule has 23 heavy (non-hydrogen) atoms. The van der Waals surface area contributed by atoms with Gasteiger partial charge in [-0.1, -0.05) is 91.5 Å². The van der Waals surface area contributed by atoms with E-state index in [9.17, 15) is 0 Å². The van der Waals surface area contributed by atoms with E-state index in [0.29, 0.717) is 0 Å². The molecule has 0 aromatic heterocycles. The Balaban J connectivity index is 2.04. The van der Waals surface area contributed by atoms with Gasteiger partial charge in [-0.2, -0.15) is 0 Å². The van der Waals surface area contributed by atoms with Crippen molar-refractivity contribution in [2.75, 3.05) is 0 Å². The van der Waals surface area contributed by atoms with Crippen LogP contribution in [0.25, 0.3) is 27.1 Å². The van der Waals surface area contributed by atoms with E-state index >= 15 is 0 Å². The van der Waals surface area contributed by atoms with Crippen molar-refractivity contribution in [3.8, 4) is 0 Å². The van der Waals surface area contributed by atoms with Crippen LogP contribution in [-0.2, 0) is 0 Å². The van der Waals surface area contributed by atoms with Crippen molar-refractivity contribution in [1.29, 1.82) is 0 Å². The molecule has 4 rings (SSSR count). The van der Waals surface area contributed by atoms with Crippen LogP contribution in [0.1, 0.15) is 11.1 Å². The zero-order valence-corrected chi connectivity index (χ0v) is 12.8. The molecule has 0 heterocycles. The van der Waals surface area contributed by atoms with Gasteiger partial charge in [0.05, 0.1) is 0 Å². The monoisotopic (exact) mass is 292 g/mol. The minimum Gasteiger partial charge on any atom is -0.119 e. The molecule has 4 aromatic rings. The Kier molecular flexibility index (Phi) is 3.31. The van der Waals surface area contributed by atoms with Crippen LogP contribution in [0, 0.1) is 0 Å². The summed E-state index contributed by atoms with van der Waals surface area (Å²) in [5.74, 6) is 0. The average Bonchev–Trinajstić information content (AvgIpc) is 2.63. The van der Waals surface area contributed by atoms with Crippen LogP contribution in [0.15, 0.2) is 97.2 Å². The molecule has 0 saturated heterocycles. The molecule has 0 fully saturated rings. The van der Waals surface area contributed by atoms with Gasteiger partial charge in [0.25, 0.3) is 0 Å². The molecular weight excluding hydrogens is 276 g/mol. The van der Waals surface area contributed by atoms with Crippen LogP contribution in [0.4, 0.5) is 0 Å². The van der Waals surface area contributed by atoms with Crippen LogP contribution in [0.3, 0.4) is 0 Å². The van der Waals surface area contributed by atoms with Gasteiger partial charge >= 0.3 is 0 Å². The minimum atomic E-state index is 1.05. The number of hydrogen-bond donors (Lipinski definition) is 0. The van der Waals surface area contributed by atoms with Crippen molar-refractivity contribution >= 4 is 27.1 Å². The second-order valence-corrected chi connectivity index (χ2v) is 5.61. The van der Waals surface area contributed by atoms with E-state index in [1.165, 1.54) is 32.7 Å². The molecule has 0 aliphatic rings. The summed E-state index contributed by atoms with van der Waals surface area (Å²) < 4.78 is 0. The van der Waals surface area contributed by atoms with Gasteiger partial charge in [0.1, 0.15) is 0 Å². The summed E-state index contributed by atoms with van der Waals surface area (Å²) in [6.07, 6.45) is 0. The van der Waals surface area contributed by atoms with Gasteiger partial charge in [0, 0.05) is 5.57 Å². The van der Waals surface area contributed by atoms with Crippen LogP contribution >= 0.6 is 0 Å². The third-order valence-corrected chi connectivity index (χ3v) is 4.29. The lowest BCUT2D eigenvalue weighted by atomic mass is 9.91. The maximum Gasteiger partial charge on any atom is 0.0315 e. The zero-order chi connectivity index (χ0) is 15.6. The zero-order valence-electron chi connectivity index (χ0n) is 12.8. The summed E-state index contributed by atoms with van der Waals surface area (Å²) in [5, 5.41) is 4.93. The van der Waals surface area contributed by atoms with E-state index in [4.69, 9.17) is 0 Å². The fourth-order valence-corrected chi connectivity index (χ4v) is 3.22. The molecule has 0 radical (unpaired) electrons. The Morgan fingerprint density at radius 2 is 1.00 bits per heavy atom. The predicted octanol–water partition coefficient (Wildman–Crippen LogP) is 6.21. The van der Waals surface area contributed by atoms with E-state index in [2.05, 4.69) is 97.2 Å². The van der Waals surface area contributed by atoms with Crippen molar-refractivity contribution in [2.24, 2.45) is 0 Å². The third-order valence-electron chi connectivity index (χ3n) is 4.29. The smallest absolute Gasteiger partial charge is 0.0315 e. The molecule has 0 unspecified atom stereocenters. The minimum absolute atomic E-state index is 1.05. The van der Waals surface area contributed by atoms with Gasteiger partial charge in [0.2, 0.25) is 0 Å². The van der Waals surface area contributed by atoms with Crippen LogP contribution < -0.4 is 0 Å². The molecule has 0 aliphatic heterocycles. The van der Waals surface area contributed by atoms with Gasteiger partial charge in [-0.3, -0.25) is 0 Å². The topological polar surface area (TPSA) is 0 Å². The lowest BCUT2D eigenvalue weighted by Gasteiger charge is -2.12. The van der Waals surface area contributed by atoms with Gasteiger partial charge in [-0.15, -0.1) is 5.73 Å². The molecule has 0 amide bonds. The Bertz CT molecular complexity index is 972. The van der Waals surface area contributed by atoms with Gasteiger partial charge in [-0.05, 0) is 32.7 Å². The van der Waals surface area contributed by atoms with E-state index < -0.39 is 0 Å². The first-order valence-corrected chi connectivity index (χ1v) is 7.75. The van der Waals surface area contributed by atoms with Gasteiger partial charge in [0.15, 0.2) is 0 Å². The Morgan fingerprint density at radius 3 is 1.48 bits per heavy atom. The first-order valence-electron chi connectivity index (χ1n) is 7.75. The first kappa shape index (κ1) is 13.6. The number of rotatable bonds is 2. The summed E-state index contributed by atoms with van der Waals surface area (Å²) >= 11 is 0. The quantitative estimate of drug-likeness (QED) is 0.385. The molecule has 0 bridgehead atoms. The SMILES string of the molecule is C=C=C(c1cccc2ccccc12)c1cccc2ccccc12. The highest BCUT2D eigenvalue weighted by molar-refractivity contribution is 6.03. The Morgan fingerprint density at radius 1 is 0.565 bits per heavy atom. The molecule has 0 N–H and O–H groups in total. The van der Waals surface area contributed by atoms with Crippen molar-refractivity contribution in [1.82, 2.24) is 0 Å². The Hall–Kier alpha value is -3.08. The van der Waals surface area contributed by atoms with Crippen molar-refractivity contribution < 1.29 is 0 Å². The maximum atomic E-state index is 3.97. The fourth-order valence-electron chi connectivity index (χ4n) is 3.22. The van der Waals surface area contributed by atoms with Crippen molar-refractivity contribution in [2.45, 2.75) is 0 Å². The van der Waals surface area contributed by atoms with Crippen LogP contribution in [0.2, 0.25) is 0 Å². The Labute approximate surface area is 136 Å². The summed E-state index contributed by atoms with van der Waals surface area (Å²) in [4.78, 5) is 0. The highest BCUT2D eigenvalue weighted by atomic mass is 14.1. The van der Waals surface area contributed by atoms with E-state index in [0.717, 1.165) is 5.57 Å². The second-order valence-electron chi connectivity index (χ2n) is 5.61. The molecule has 0 aliphatic carbocycles. The highest BCUT2D eigenvalue weighted by Crippen LogP contribution is 2.33. The molecule has 0 nitrogen and oxygen atoms in total. The standard InChI is InChI=1S/C23H16/c1-2-19(22-15-7-11-17-9-3-5-13-20(17)22)23-16-8-12-18-10-4-6-14-21(18)23/h3-16H,1H2. The summed E-state index contributed by atoms with van der Waals surface area (Å²) in [6, 6.07) is 29.7. The summed E-state index contributed by atoms with van der Waals surface area (Å²) in [5.41, 5.74) is 6.59. The summed E-state index contributed by atoms with van der Waals surface area (Å²) in [7, 11) is 0. The molecular formula is C23H16. The van der Waals surface area contributed by atoms with Crippen LogP contribution in [0.5, 0.6) is 0 Å². The number of hydrogen-bond acceptors (Lipinski definition) is 0. The van der Waals surface area contributed by atoms with E-state index in [1.54, 1.807) is 0 Å².